The highest BCUT2D eigenvalue weighted by atomic mass is 16.5. The van der Waals surface area contributed by atoms with Crippen LogP contribution in [0.2, 0.25) is 0 Å². The first-order valence-corrected chi connectivity index (χ1v) is 3.71. The Balaban J connectivity index is 2.13. The number of hydrogen-bond acceptors (Lipinski definition) is 1. The number of ether oxygens (including phenoxy) is 1. The molecule has 0 aromatic heterocycles. The fourth-order valence-electron chi connectivity index (χ4n) is 0.993. The largest absolute Gasteiger partial charge is 0.370 e. The van der Waals surface area contributed by atoms with Crippen LogP contribution in [0, 0.1) is 0 Å². The second-order valence-corrected chi connectivity index (χ2v) is 2.81. The third-order valence-corrected chi connectivity index (χ3v) is 1.51. The lowest BCUT2D eigenvalue weighted by Crippen LogP contribution is -2.07. The summed E-state index contributed by atoms with van der Waals surface area (Å²) in [4.78, 5) is 0. The molecule has 0 fully saturated rings. The van der Waals surface area contributed by atoms with Gasteiger partial charge in [0.2, 0.25) is 0 Å². The van der Waals surface area contributed by atoms with E-state index in [-0.39, 0.29) is 0 Å². The molecule has 0 radical (unpaired) electrons. The van der Waals surface area contributed by atoms with Gasteiger partial charge in [-0.15, -0.1) is 0 Å². The minimum atomic E-state index is 0.358. The highest BCUT2D eigenvalue weighted by Gasteiger charge is 2.07. The highest BCUT2D eigenvalue weighted by Crippen LogP contribution is 2.13. The molecule has 0 saturated carbocycles. The van der Waals surface area contributed by atoms with Crippen molar-refractivity contribution in [2.45, 2.75) is 25.9 Å². The zero-order valence-electron chi connectivity index (χ0n) is 6.47. The van der Waals surface area contributed by atoms with E-state index in [0.717, 1.165) is 12.0 Å². The van der Waals surface area contributed by atoms with Gasteiger partial charge >= 0.3 is 0 Å². The maximum absolute atomic E-state index is 5.48. The fourth-order valence-corrected chi connectivity index (χ4v) is 0.993. The minimum Gasteiger partial charge on any atom is -0.370 e. The molecule has 0 bridgehead atoms. The van der Waals surface area contributed by atoms with Gasteiger partial charge in [-0.2, -0.15) is 0 Å². The lowest BCUT2D eigenvalue weighted by Gasteiger charge is -2.08. The van der Waals surface area contributed by atoms with Crippen LogP contribution in [-0.4, -0.2) is 12.7 Å². The summed E-state index contributed by atoms with van der Waals surface area (Å²) >= 11 is 0. The fraction of sp³-hybridized carbons (Fsp3) is 0.556. The van der Waals surface area contributed by atoms with Gasteiger partial charge in [-0.05, 0) is 19.8 Å². The van der Waals surface area contributed by atoms with Crippen molar-refractivity contribution in [1.82, 2.24) is 0 Å². The molecule has 0 aromatic carbocycles. The Morgan fingerprint density at radius 3 is 3.10 bits per heavy atom. The molecule has 1 nitrogen and oxygen atoms in total. The summed E-state index contributed by atoms with van der Waals surface area (Å²) in [5, 5.41) is 0. The molecule has 0 spiro atoms. The predicted molar refractivity (Wildman–Crippen MR) is 42.9 cm³/mol. The first-order chi connectivity index (χ1) is 4.79. The molecule has 0 amide bonds. The van der Waals surface area contributed by atoms with E-state index in [1.807, 2.05) is 6.92 Å². The van der Waals surface area contributed by atoms with Crippen LogP contribution in [0.1, 0.15) is 19.8 Å². The molecule has 1 aliphatic rings. The molecule has 0 aliphatic heterocycles. The molecule has 1 aliphatic carbocycles. The van der Waals surface area contributed by atoms with Gasteiger partial charge in [-0.3, -0.25) is 0 Å². The maximum Gasteiger partial charge on any atom is 0.0763 e. The monoisotopic (exact) mass is 138 g/mol. The summed E-state index contributed by atoms with van der Waals surface area (Å²) in [6.45, 7) is 6.46. The van der Waals surface area contributed by atoms with Crippen molar-refractivity contribution in [2.24, 2.45) is 0 Å². The number of rotatable bonds is 3. The smallest absolute Gasteiger partial charge is 0.0763 e. The quantitative estimate of drug-likeness (QED) is 0.544. The molecule has 0 saturated heterocycles. The third kappa shape index (κ3) is 2.36. The Bertz CT molecular complexity index is 147. The van der Waals surface area contributed by atoms with Crippen LogP contribution in [-0.2, 0) is 4.74 Å². The molecular formula is C9H14O. The van der Waals surface area contributed by atoms with Gasteiger partial charge < -0.3 is 4.74 Å². The lowest BCUT2D eigenvalue weighted by atomic mass is 10.3. The Morgan fingerprint density at radius 1 is 1.80 bits per heavy atom. The van der Waals surface area contributed by atoms with Gasteiger partial charge in [0.15, 0.2) is 0 Å². The van der Waals surface area contributed by atoms with E-state index in [4.69, 9.17) is 4.74 Å². The van der Waals surface area contributed by atoms with Crippen LogP contribution < -0.4 is 0 Å². The van der Waals surface area contributed by atoms with Crippen LogP contribution in [0.3, 0.4) is 0 Å². The van der Waals surface area contributed by atoms with Crippen LogP contribution in [0.15, 0.2) is 24.3 Å². The van der Waals surface area contributed by atoms with Crippen LogP contribution in [0.25, 0.3) is 0 Å². The van der Waals surface area contributed by atoms with Crippen molar-refractivity contribution in [3.8, 4) is 0 Å². The van der Waals surface area contributed by atoms with E-state index in [0.29, 0.717) is 12.7 Å². The van der Waals surface area contributed by atoms with E-state index >= 15 is 0 Å². The van der Waals surface area contributed by atoms with Crippen molar-refractivity contribution >= 4 is 0 Å². The number of allylic oxidation sites excluding steroid dienone is 1. The second kappa shape index (κ2) is 3.57. The summed E-state index contributed by atoms with van der Waals surface area (Å²) in [5.41, 5.74) is 1.10. The van der Waals surface area contributed by atoms with Crippen LogP contribution in [0.4, 0.5) is 0 Å². The summed E-state index contributed by atoms with van der Waals surface area (Å²) in [6.07, 6.45) is 6.97. The molecule has 56 valence electrons. The van der Waals surface area contributed by atoms with E-state index in [1.165, 1.54) is 6.42 Å². The molecule has 10 heavy (non-hydrogen) atoms. The van der Waals surface area contributed by atoms with Crippen molar-refractivity contribution in [3.05, 3.63) is 24.3 Å². The second-order valence-electron chi connectivity index (χ2n) is 2.81. The molecular weight excluding hydrogens is 124 g/mol. The van der Waals surface area contributed by atoms with Gasteiger partial charge in [-0.25, -0.2) is 0 Å². The van der Waals surface area contributed by atoms with E-state index in [1.54, 1.807) is 0 Å². The molecule has 1 heteroatoms. The average molecular weight is 138 g/mol. The Kier molecular flexibility index (Phi) is 2.69. The third-order valence-electron chi connectivity index (χ3n) is 1.51. The maximum atomic E-state index is 5.48. The highest BCUT2D eigenvalue weighted by molar-refractivity contribution is 4.98. The van der Waals surface area contributed by atoms with Crippen LogP contribution >= 0.6 is 0 Å². The van der Waals surface area contributed by atoms with Gasteiger partial charge in [0, 0.05) is 0 Å². The molecule has 0 N–H and O–H groups in total. The summed E-state index contributed by atoms with van der Waals surface area (Å²) in [6, 6.07) is 0. The van der Waals surface area contributed by atoms with E-state index in [2.05, 4.69) is 18.7 Å². The van der Waals surface area contributed by atoms with Crippen molar-refractivity contribution in [3.63, 3.8) is 0 Å². The summed E-state index contributed by atoms with van der Waals surface area (Å²) < 4.78 is 5.48. The normalized spacial score (nSPS) is 23.5. The Hall–Kier alpha value is -0.560. The average Bonchev–Trinajstić information content (AvgIpc) is 2.34. The molecule has 1 rings (SSSR count). The lowest BCUT2D eigenvalue weighted by molar-refractivity contribution is 0.104. The van der Waals surface area contributed by atoms with Crippen molar-refractivity contribution in [2.75, 3.05) is 6.61 Å². The SMILES string of the molecule is C=C(C)COC1C=CCC1. The Morgan fingerprint density at radius 2 is 2.60 bits per heavy atom. The van der Waals surface area contributed by atoms with E-state index in [9.17, 15) is 0 Å². The topological polar surface area (TPSA) is 9.23 Å². The van der Waals surface area contributed by atoms with Gasteiger partial charge in [0.25, 0.3) is 0 Å². The van der Waals surface area contributed by atoms with Gasteiger partial charge in [-0.1, -0.05) is 24.3 Å². The minimum absolute atomic E-state index is 0.358. The molecule has 1 unspecified atom stereocenters. The Labute approximate surface area is 62.4 Å². The van der Waals surface area contributed by atoms with Crippen molar-refractivity contribution < 1.29 is 4.74 Å². The van der Waals surface area contributed by atoms with Crippen molar-refractivity contribution in [1.29, 1.82) is 0 Å². The predicted octanol–water partition coefficient (Wildman–Crippen LogP) is 2.30. The van der Waals surface area contributed by atoms with E-state index < -0.39 is 0 Å². The zero-order valence-corrected chi connectivity index (χ0v) is 6.47. The molecule has 1 atom stereocenters. The standard InChI is InChI=1S/C9H14O/c1-8(2)7-10-9-5-3-4-6-9/h3,5,9H,1,4,6-7H2,2H3. The van der Waals surface area contributed by atoms with Gasteiger partial charge in [0.1, 0.15) is 0 Å². The number of hydrogen-bond donors (Lipinski definition) is 0. The summed E-state index contributed by atoms with van der Waals surface area (Å²) in [7, 11) is 0. The van der Waals surface area contributed by atoms with Crippen LogP contribution in [0.5, 0.6) is 0 Å². The summed E-state index contributed by atoms with van der Waals surface area (Å²) in [5.74, 6) is 0. The van der Waals surface area contributed by atoms with Gasteiger partial charge in [0.05, 0.1) is 12.7 Å². The first kappa shape index (κ1) is 7.55. The molecule has 0 heterocycles. The zero-order chi connectivity index (χ0) is 7.40. The molecule has 0 aromatic rings. The first-order valence-electron chi connectivity index (χ1n) is 3.71.